The van der Waals surface area contributed by atoms with Crippen molar-refractivity contribution in [2.24, 2.45) is 5.92 Å². The van der Waals surface area contributed by atoms with E-state index < -0.39 is 0 Å². The highest BCUT2D eigenvalue weighted by molar-refractivity contribution is 5.25. The first-order valence-electron chi connectivity index (χ1n) is 5.55. The lowest BCUT2D eigenvalue weighted by atomic mass is 9.85. The molecule has 1 aromatic rings. The summed E-state index contributed by atoms with van der Waals surface area (Å²) >= 11 is 0. The molecule has 75 valence electrons. The molecule has 0 unspecified atom stereocenters. The highest BCUT2D eigenvalue weighted by Gasteiger charge is 2.13. The molecule has 0 atom stereocenters. The van der Waals surface area contributed by atoms with Gasteiger partial charge in [0.25, 0.3) is 0 Å². The predicted octanol–water partition coefficient (Wildman–Crippen LogP) is 3.32. The summed E-state index contributed by atoms with van der Waals surface area (Å²) in [6.45, 7) is 0. The molecule has 0 saturated heterocycles. The Morgan fingerprint density at radius 3 is 2.71 bits per heavy atom. The first-order chi connectivity index (χ1) is 6.84. The Hall–Kier alpha value is -0.980. The van der Waals surface area contributed by atoms with Crippen LogP contribution in [0.1, 0.15) is 37.7 Å². The molecule has 1 aliphatic rings. The van der Waals surface area contributed by atoms with Crippen molar-refractivity contribution in [3.63, 3.8) is 0 Å². The van der Waals surface area contributed by atoms with Crippen LogP contribution in [0.25, 0.3) is 0 Å². The smallest absolute Gasteiger partial charge is 0.123 e. The summed E-state index contributed by atoms with van der Waals surface area (Å²) in [6, 6.07) is 8.67. The van der Waals surface area contributed by atoms with E-state index in [0.717, 1.165) is 17.9 Å². The SMILES string of the molecule is Oc1[c]c(CC2CCCCC2)ccc1. The van der Waals surface area contributed by atoms with Crippen molar-refractivity contribution in [2.45, 2.75) is 38.5 Å². The van der Waals surface area contributed by atoms with Gasteiger partial charge in [-0.1, -0.05) is 44.2 Å². The second kappa shape index (κ2) is 4.50. The average Bonchev–Trinajstić information content (AvgIpc) is 2.19. The van der Waals surface area contributed by atoms with Gasteiger partial charge >= 0.3 is 0 Å². The lowest BCUT2D eigenvalue weighted by Gasteiger charge is -2.21. The predicted molar refractivity (Wildman–Crippen MR) is 57.2 cm³/mol. The summed E-state index contributed by atoms with van der Waals surface area (Å²) in [5.41, 5.74) is 1.16. The van der Waals surface area contributed by atoms with Crippen LogP contribution in [0.2, 0.25) is 0 Å². The van der Waals surface area contributed by atoms with Crippen molar-refractivity contribution in [1.82, 2.24) is 0 Å². The summed E-state index contributed by atoms with van der Waals surface area (Å²) in [4.78, 5) is 0. The molecule has 0 aromatic heterocycles. The Morgan fingerprint density at radius 2 is 2.00 bits per heavy atom. The van der Waals surface area contributed by atoms with Crippen molar-refractivity contribution in [2.75, 3.05) is 0 Å². The lowest BCUT2D eigenvalue weighted by molar-refractivity contribution is 0.356. The molecule has 0 aliphatic heterocycles. The Labute approximate surface area is 85.8 Å². The fraction of sp³-hybridized carbons (Fsp3) is 0.538. The maximum Gasteiger partial charge on any atom is 0.123 e. The maximum absolute atomic E-state index is 9.29. The van der Waals surface area contributed by atoms with Crippen molar-refractivity contribution < 1.29 is 5.11 Å². The van der Waals surface area contributed by atoms with Crippen LogP contribution >= 0.6 is 0 Å². The number of aromatic hydroxyl groups is 1. The quantitative estimate of drug-likeness (QED) is 0.756. The molecule has 1 N–H and O–H groups in total. The van der Waals surface area contributed by atoms with E-state index in [1.807, 2.05) is 6.07 Å². The van der Waals surface area contributed by atoms with Crippen LogP contribution in [0.3, 0.4) is 0 Å². The normalized spacial score (nSPS) is 18.3. The third-order valence-corrected chi connectivity index (χ3v) is 3.07. The highest BCUT2D eigenvalue weighted by Crippen LogP contribution is 2.27. The molecular weight excluding hydrogens is 172 g/mol. The van der Waals surface area contributed by atoms with Gasteiger partial charge in [-0.05, 0) is 24.0 Å². The van der Waals surface area contributed by atoms with Crippen molar-refractivity contribution in [3.05, 3.63) is 29.8 Å². The lowest BCUT2D eigenvalue weighted by Crippen LogP contribution is -2.09. The van der Waals surface area contributed by atoms with Gasteiger partial charge in [0.15, 0.2) is 0 Å². The Morgan fingerprint density at radius 1 is 1.21 bits per heavy atom. The summed E-state index contributed by atoms with van der Waals surface area (Å²) in [6.07, 6.45) is 7.95. The standard InChI is InChI=1S/C13H17O/c14-13-8-4-7-12(10-13)9-11-5-2-1-3-6-11/h4,7-8,11,14H,1-3,5-6,9H2. The topological polar surface area (TPSA) is 20.2 Å². The van der Waals surface area contributed by atoms with Crippen LogP contribution < -0.4 is 0 Å². The van der Waals surface area contributed by atoms with Crippen LogP contribution in [-0.4, -0.2) is 5.11 Å². The molecule has 1 nitrogen and oxygen atoms in total. The van der Waals surface area contributed by atoms with E-state index in [-0.39, 0.29) is 5.75 Å². The third-order valence-electron chi connectivity index (χ3n) is 3.07. The number of phenolic OH excluding ortho intramolecular Hbond substituents is 1. The number of rotatable bonds is 2. The molecule has 1 aromatic carbocycles. The number of hydrogen-bond donors (Lipinski definition) is 1. The molecule has 2 rings (SSSR count). The van der Waals surface area contributed by atoms with Crippen LogP contribution in [0.5, 0.6) is 5.75 Å². The van der Waals surface area contributed by atoms with E-state index >= 15 is 0 Å². The Bertz CT molecular complexity index is 287. The first kappa shape index (κ1) is 9.57. The summed E-state index contributed by atoms with van der Waals surface area (Å²) in [7, 11) is 0. The fourth-order valence-electron chi connectivity index (χ4n) is 2.32. The van der Waals surface area contributed by atoms with Gasteiger partial charge in [0.2, 0.25) is 0 Å². The molecule has 14 heavy (non-hydrogen) atoms. The van der Waals surface area contributed by atoms with Gasteiger partial charge in [-0.2, -0.15) is 0 Å². The van der Waals surface area contributed by atoms with Gasteiger partial charge in [-0.25, -0.2) is 0 Å². The second-order valence-corrected chi connectivity index (χ2v) is 4.27. The van der Waals surface area contributed by atoms with Gasteiger partial charge in [0, 0.05) is 6.07 Å². The second-order valence-electron chi connectivity index (χ2n) is 4.27. The minimum absolute atomic E-state index is 0.276. The minimum atomic E-state index is 0.276. The summed E-state index contributed by atoms with van der Waals surface area (Å²) in [5, 5.41) is 9.29. The summed E-state index contributed by atoms with van der Waals surface area (Å²) in [5.74, 6) is 1.10. The van der Waals surface area contributed by atoms with E-state index in [4.69, 9.17) is 0 Å². The molecule has 1 aliphatic carbocycles. The number of hydrogen-bond acceptors (Lipinski definition) is 1. The van der Waals surface area contributed by atoms with Crippen LogP contribution in [-0.2, 0) is 6.42 Å². The van der Waals surface area contributed by atoms with Gasteiger partial charge < -0.3 is 5.11 Å². The molecule has 0 bridgehead atoms. The molecule has 0 amide bonds. The van der Waals surface area contributed by atoms with Crippen molar-refractivity contribution >= 4 is 0 Å². The van der Waals surface area contributed by atoms with E-state index in [1.165, 1.54) is 32.1 Å². The van der Waals surface area contributed by atoms with Gasteiger partial charge in [0.1, 0.15) is 5.75 Å². The maximum atomic E-state index is 9.29. The zero-order valence-corrected chi connectivity index (χ0v) is 8.50. The molecule has 0 heterocycles. The molecule has 1 radical (unpaired) electrons. The van der Waals surface area contributed by atoms with E-state index in [9.17, 15) is 5.11 Å². The zero-order chi connectivity index (χ0) is 9.80. The van der Waals surface area contributed by atoms with Gasteiger partial charge in [-0.3, -0.25) is 0 Å². The third kappa shape index (κ3) is 2.50. The molecule has 1 heteroatoms. The number of benzene rings is 1. The molecule has 1 fully saturated rings. The van der Waals surface area contributed by atoms with E-state index in [1.54, 1.807) is 6.07 Å². The van der Waals surface area contributed by atoms with Crippen molar-refractivity contribution in [1.29, 1.82) is 0 Å². The monoisotopic (exact) mass is 189 g/mol. The fourth-order valence-corrected chi connectivity index (χ4v) is 2.32. The Kier molecular flexibility index (Phi) is 3.07. The summed E-state index contributed by atoms with van der Waals surface area (Å²) < 4.78 is 0. The Balaban J connectivity index is 1.95. The number of phenols is 1. The highest BCUT2D eigenvalue weighted by atomic mass is 16.3. The first-order valence-corrected chi connectivity index (χ1v) is 5.55. The average molecular weight is 189 g/mol. The van der Waals surface area contributed by atoms with Crippen LogP contribution in [0, 0.1) is 12.0 Å². The van der Waals surface area contributed by atoms with E-state index in [2.05, 4.69) is 12.1 Å². The minimum Gasteiger partial charge on any atom is -0.507 e. The van der Waals surface area contributed by atoms with Gasteiger partial charge in [0.05, 0.1) is 0 Å². The van der Waals surface area contributed by atoms with Crippen LogP contribution in [0.15, 0.2) is 18.2 Å². The molecular formula is C13H17O. The molecule has 1 saturated carbocycles. The molecule has 0 spiro atoms. The van der Waals surface area contributed by atoms with Gasteiger partial charge in [-0.15, -0.1) is 0 Å². The van der Waals surface area contributed by atoms with Crippen molar-refractivity contribution in [3.8, 4) is 5.75 Å². The van der Waals surface area contributed by atoms with E-state index in [0.29, 0.717) is 0 Å². The zero-order valence-electron chi connectivity index (χ0n) is 8.50. The van der Waals surface area contributed by atoms with Crippen LogP contribution in [0.4, 0.5) is 0 Å². The largest absolute Gasteiger partial charge is 0.507 e.